The molecule has 1 amide bonds. The normalized spacial score (nSPS) is 18.3. The third-order valence-electron chi connectivity index (χ3n) is 3.88. The molecule has 21 heavy (non-hydrogen) atoms. The Morgan fingerprint density at radius 2 is 2.14 bits per heavy atom. The standard InChI is InChI=1S/C16H21NO4/c1-3-17(11(2)10-15(18)19)16(20)13-8-9-21-14-7-5-4-6-12(13)14/h4-7,11,13H,3,8-10H2,1-2H3,(H,18,19). The number of fused-ring (bicyclic) bond motifs is 1. The Hall–Kier alpha value is -2.04. The molecule has 114 valence electrons. The summed E-state index contributed by atoms with van der Waals surface area (Å²) in [5.74, 6) is -0.390. The largest absolute Gasteiger partial charge is 0.493 e. The molecule has 2 unspecified atom stereocenters. The van der Waals surface area contributed by atoms with Gasteiger partial charge in [-0.3, -0.25) is 9.59 Å². The smallest absolute Gasteiger partial charge is 0.305 e. The fourth-order valence-corrected chi connectivity index (χ4v) is 2.85. The van der Waals surface area contributed by atoms with Crippen LogP contribution in [0.15, 0.2) is 24.3 Å². The van der Waals surface area contributed by atoms with Crippen molar-refractivity contribution in [3.8, 4) is 5.75 Å². The van der Waals surface area contributed by atoms with Crippen LogP contribution in [0.3, 0.4) is 0 Å². The first-order valence-electron chi connectivity index (χ1n) is 7.28. The molecule has 2 atom stereocenters. The van der Waals surface area contributed by atoms with E-state index in [1.807, 2.05) is 31.2 Å². The second kappa shape index (κ2) is 6.61. The fourth-order valence-electron chi connectivity index (χ4n) is 2.85. The molecule has 0 aliphatic carbocycles. The first-order chi connectivity index (χ1) is 10.0. The number of hydrogen-bond donors (Lipinski definition) is 1. The molecule has 1 N–H and O–H groups in total. The Labute approximate surface area is 124 Å². The zero-order chi connectivity index (χ0) is 15.4. The Kier molecular flexibility index (Phi) is 4.83. The summed E-state index contributed by atoms with van der Waals surface area (Å²) in [5, 5.41) is 8.92. The van der Waals surface area contributed by atoms with Crippen molar-refractivity contribution in [3.05, 3.63) is 29.8 Å². The average molecular weight is 291 g/mol. The van der Waals surface area contributed by atoms with Gasteiger partial charge in [0, 0.05) is 18.2 Å². The van der Waals surface area contributed by atoms with Gasteiger partial charge in [-0.05, 0) is 26.3 Å². The van der Waals surface area contributed by atoms with E-state index in [4.69, 9.17) is 9.84 Å². The number of rotatable bonds is 5. The topological polar surface area (TPSA) is 66.8 Å². The van der Waals surface area contributed by atoms with E-state index in [0.29, 0.717) is 19.6 Å². The summed E-state index contributed by atoms with van der Waals surface area (Å²) in [6.45, 7) is 4.67. The maximum Gasteiger partial charge on any atom is 0.305 e. The molecule has 0 fully saturated rings. The lowest BCUT2D eigenvalue weighted by molar-refractivity contribution is -0.141. The summed E-state index contributed by atoms with van der Waals surface area (Å²) in [4.78, 5) is 25.3. The van der Waals surface area contributed by atoms with Gasteiger partial charge in [0.05, 0.1) is 18.9 Å². The van der Waals surface area contributed by atoms with Gasteiger partial charge in [0.1, 0.15) is 5.75 Å². The molecule has 0 radical (unpaired) electrons. The van der Waals surface area contributed by atoms with Crippen LogP contribution in [-0.2, 0) is 9.59 Å². The van der Waals surface area contributed by atoms with Crippen molar-refractivity contribution < 1.29 is 19.4 Å². The molecule has 1 aliphatic rings. The zero-order valence-corrected chi connectivity index (χ0v) is 12.4. The van der Waals surface area contributed by atoms with Crippen LogP contribution in [-0.4, -0.2) is 41.1 Å². The number of carboxylic acids is 1. The van der Waals surface area contributed by atoms with E-state index in [0.717, 1.165) is 11.3 Å². The van der Waals surface area contributed by atoms with Crippen LogP contribution in [0.2, 0.25) is 0 Å². The molecule has 0 saturated carbocycles. The lowest BCUT2D eigenvalue weighted by atomic mass is 9.91. The van der Waals surface area contributed by atoms with Crippen molar-refractivity contribution in [3.63, 3.8) is 0 Å². The average Bonchev–Trinajstić information content (AvgIpc) is 2.46. The number of likely N-dealkylation sites (N-methyl/N-ethyl adjacent to an activating group) is 1. The summed E-state index contributed by atoms with van der Waals surface area (Å²) >= 11 is 0. The molecule has 1 heterocycles. The summed E-state index contributed by atoms with van der Waals surface area (Å²) in [7, 11) is 0. The van der Waals surface area contributed by atoms with Gasteiger partial charge in [0.2, 0.25) is 5.91 Å². The number of carboxylic acid groups (broad SMARTS) is 1. The van der Waals surface area contributed by atoms with E-state index in [9.17, 15) is 9.59 Å². The molecule has 0 aromatic heterocycles. The van der Waals surface area contributed by atoms with Crippen molar-refractivity contribution in [2.75, 3.05) is 13.2 Å². The van der Waals surface area contributed by atoms with Crippen molar-refractivity contribution in [2.24, 2.45) is 0 Å². The van der Waals surface area contributed by atoms with Crippen molar-refractivity contribution in [1.29, 1.82) is 0 Å². The Bertz CT molecular complexity index is 529. The highest BCUT2D eigenvalue weighted by Crippen LogP contribution is 2.35. The highest BCUT2D eigenvalue weighted by atomic mass is 16.5. The Morgan fingerprint density at radius 1 is 1.43 bits per heavy atom. The van der Waals surface area contributed by atoms with Crippen LogP contribution in [0, 0.1) is 0 Å². The maximum absolute atomic E-state index is 12.8. The molecule has 5 heteroatoms. The van der Waals surface area contributed by atoms with Crippen molar-refractivity contribution >= 4 is 11.9 Å². The van der Waals surface area contributed by atoms with E-state index in [1.165, 1.54) is 0 Å². The highest BCUT2D eigenvalue weighted by Gasteiger charge is 2.32. The number of ether oxygens (including phenoxy) is 1. The van der Waals surface area contributed by atoms with Crippen LogP contribution >= 0.6 is 0 Å². The quantitative estimate of drug-likeness (QED) is 0.903. The highest BCUT2D eigenvalue weighted by molar-refractivity contribution is 5.85. The van der Waals surface area contributed by atoms with E-state index >= 15 is 0 Å². The predicted molar refractivity (Wildman–Crippen MR) is 78.4 cm³/mol. The minimum absolute atomic E-state index is 0.0120. The number of nitrogens with zero attached hydrogens (tertiary/aromatic N) is 1. The van der Waals surface area contributed by atoms with Gasteiger partial charge < -0.3 is 14.7 Å². The lowest BCUT2D eigenvalue weighted by Crippen LogP contribution is -2.43. The molecular formula is C16H21NO4. The monoisotopic (exact) mass is 291 g/mol. The molecular weight excluding hydrogens is 270 g/mol. The number of amides is 1. The van der Waals surface area contributed by atoms with E-state index < -0.39 is 5.97 Å². The molecule has 1 aliphatic heterocycles. The van der Waals surface area contributed by atoms with Crippen molar-refractivity contribution in [2.45, 2.75) is 38.6 Å². The third kappa shape index (κ3) is 3.35. The van der Waals surface area contributed by atoms with Crippen LogP contribution < -0.4 is 4.74 Å². The number of para-hydroxylation sites is 1. The first kappa shape index (κ1) is 15.4. The minimum atomic E-state index is -0.888. The summed E-state index contributed by atoms with van der Waals surface area (Å²) in [5.41, 5.74) is 0.898. The van der Waals surface area contributed by atoms with Gasteiger partial charge in [-0.15, -0.1) is 0 Å². The van der Waals surface area contributed by atoms with Gasteiger partial charge in [0.25, 0.3) is 0 Å². The fraction of sp³-hybridized carbons (Fsp3) is 0.500. The second-order valence-corrected chi connectivity index (χ2v) is 5.30. The predicted octanol–water partition coefficient (Wildman–Crippen LogP) is 2.26. The molecule has 1 aromatic carbocycles. The Morgan fingerprint density at radius 3 is 2.81 bits per heavy atom. The summed E-state index contributed by atoms with van der Waals surface area (Å²) < 4.78 is 5.58. The number of carbonyl (C=O) groups is 2. The van der Waals surface area contributed by atoms with E-state index in [1.54, 1.807) is 11.8 Å². The van der Waals surface area contributed by atoms with Gasteiger partial charge in [-0.2, -0.15) is 0 Å². The number of aliphatic carboxylic acids is 1. The van der Waals surface area contributed by atoms with Crippen molar-refractivity contribution in [1.82, 2.24) is 4.90 Å². The zero-order valence-electron chi connectivity index (χ0n) is 12.4. The molecule has 5 nitrogen and oxygen atoms in total. The number of carbonyl (C=O) groups excluding carboxylic acids is 1. The Balaban J connectivity index is 2.21. The lowest BCUT2D eigenvalue weighted by Gasteiger charge is -2.33. The number of hydrogen-bond acceptors (Lipinski definition) is 3. The van der Waals surface area contributed by atoms with Crippen LogP contribution in [0.1, 0.15) is 38.2 Å². The van der Waals surface area contributed by atoms with E-state index in [2.05, 4.69) is 0 Å². The van der Waals surface area contributed by atoms with Gasteiger partial charge >= 0.3 is 5.97 Å². The summed E-state index contributed by atoms with van der Waals surface area (Å²) in [6.07, 6.45) is 0.594. The van der Waals surface area contributed by atoms with Crippen LogP contribution in [0.25, 0.3) is 0 Å². The molecule has 0 spiro atoms. The van der Waals surface area contributed by atoms with Crippen LogP contribution in [0.5, 0.6) is 5.75 Å². The molecule has 1 aromatic rings. The molecule has 0 bridgehead atoms. The van der Waals surface area contributed by atoms with Gasteiger partial charge in [0.15, 0.2) is 0 Å². The molecule has 2 rings (SSSR count). The SMILES string of the molecule is CCN(C(=O)C1CCOc2ccccc21)C(C)CC(=O)O. The van der Waals surface area contributed by atoms with Gasteiger partial charge in [-0.25, -0.2) is 0 Å². The van der Waals surface area contributed by atoms with Gasteiger partial charge in [-0.1, -0.05) is 18.2 Å². The third-order valence-corrected chi connectivity index (χ3v) is 3.88. The summed E-state index contributed by atoms with van der Waals surface area (Å²) in [6, 6.07) is 7.24. The molecule has 0 saturated heterocycles. The number of benzene rings is 1. The first-order valence-corrected chi connectivity index (χ1v) is 7.28. The van der Waals surface area contributed by atoms with E-state index in [-0.39, 0.29) is 24.3 Å². The maximum atomic E-state index is 12.8. The van der Waals surface area contributed by atoms with Crippen LogP contribution in [0.4, 0.5) is 0 Å². The minimum Gasteiger partial charge on any atom is -0.493 e. The second-order valence-electron chi connectivity index (χ2n) is 5.30.